The molecule has 0 aliphatic rings. The van der Waals surface area contributed by atoms with Crippen molar-refractivity contribution in [3.63, 3.8) is 0 Å². The Hall–Kier alpha value is -1.07. The number of carbonyl (C=O) groups excluding carboxylic acids is 3. The van der Waals surface area contributed by atoms with Crippen LogP contribution in [0.15, 0.2) is 0 Å². The SMILES string of the molecule is O=CC(=O)C(=O)[CH]C(O)CO. The number of carbonyl (C=O) groups is 3. The maximum Gasteiger partial charge on any atom is 0.261 e. The quantitative estimate of drug-likeness (QED) is 0.272. The third-order valence-electron chi connectivity index (χ3n) is 0.881. The smallest absolute Gasteiger partial charge is 0.261 e. The van der Waals surface area contributed by atoms with Gasteiger partial charge in [-0.05, 0) is 0 Å². The van der Waals surface area contributed by atoms with Crippen LogP contribution in [0.2, 0.25) is 0 Å². The third-order valence-corrected chi connectivity index (χ3v) is 0.881. The number of hydrogen-bond acceptors (Lipinski definition) is 5. The Bertz CT molecular complexity index is 174. The van der Waals surface area contributed by atoms with Gasteiger partial charge < -0.3 is 10.2 Å². The predicted octanol–water partition coefficient (Wildman–Crippen LogP) is -2.12. The third kappa shape index (κ3) is 3.59. The molecule has 1 atom stereocenters. The molecule has 0 aromatic carbocycles. The maximum atomic E-state index is 10.4. The van der Waals surface area contributed by atoms with Gasteiger partial charge in [-0.2, -0.15) is 0 Å². The number of hydrogen-bond donors (Lipinski definition) is 2. The summed E-state index contributed by atoms with van der Waals surface area (Å²) < 4.78 is 0. The van der Waals surface area contributed by atoms with Gasteiger partial charge in [-0.25, -0.2) is 0 Å². The Morgan fingerprint density at radius 2 is 1.91 bits per heavy atom. The molecule has 0 spiro atoms. The molecule has 0 saturated heterocycles. The van der Waals surface area contributed by atoms with Crippen LogP contribution in [0.5, 0.6) is 0 Å². The second-order valence-electron chi connectivity index (χ2n) is 1.76. The topological polar surface area (TPSA) is 91.7 Å². The van der Waals surface area contributed by atoms with Gasteiger partial charge in [-0.3, -0.25) is 14.4 Å². The Kier molecular flexibility index (Phi) is 4.24. The molecule has 0 aromatic rings. The largest absolute Gasteiger partial charge is 0.394 e. The van der Waals surface area contributed by atoms with Crippen LogP contribution in [0, 0.1) is 6.42 Å². The second kappa shape index (κ2) is 4.70. The molecule has 0 aliphatic carbocycles. The lowest BCUT2D eigenvalue weighted by Gasteiger charge is -2.01. The number of ketones is 2. The zero-order chi connectivity index (χ0) is 8.85. The fraction of sp³-hybridized carbons (Fsp3) is 0.333. The van der Waals surface area contributed by atoms with Crippen LogP contribution >= 0.6 is 0 Å². The highest BCUT2D eigenvalue weighted by molar-refractivity contribution is 6.59. The molecule has 0 aromatic heterocycles. The molecule has 1 radical (unpaired) electrons. The summed E-state index contributed by atoms with van der Waals surface area (Å²) in [5, 5.41) is 16.8. The van der Waals surface area contributed by atoms with Crippen molar-refractivity contribution in [3.8, 4) is 0 Å². The summed E-state index contributed by atoms with van der Waals surface area (Å²) in [5.74, 6) is -2.35. The molecule has 5 nitrogen and oxygen atoms in total. The summed E-state index contributed by atoms with van der Waals surface area (Å²) in [6.45, 7) is -0.655. The fourth-order valence-corrected chi connectivity index (χ4v) is 0.368. The van der Waals surface area contributed by atoms with Crippen molar-refractivity contribution in [1.29, 1.82) is 0 Å². The maximum absolute atomic E-state index is 10.4. The Labute approximate surface area is 62.6 Å². The minimum atomic E-state index is -1.38. The molecule has 0 bridgehead atoms. The summed E-state index contributed by atoms with van der Waals surface area (Å²) in [6, 6.07) is 0. The summed E-state index contributed by atoms with van der Waals surface area (Å²) in [5.41, 5.74) is 0. The van der Waals surface area contributed by atoms with E-state index in [0.717, 1.165) is 0 Å². The molecule has 0 aliphatic heterocycles. The normalized spacial score (nSPS) is 12.2. The second-order valence-corrected chi connectivity index (χ2v) is 1.76. The average molecular weight is 159 g/mol. The van der Waals surface area contributed by atoms with E-state index in [0.29, 0.717) is 6.42 Å². The summed E-state index contributed by atoms with van der Waals surface area (Å²) in [7, 11) is 0. The summed E-state index contributed by atoms with van der Waals surface area (Å²) in [6.07, 6.45) is -0.953. The van der Waals surface area contributed by atoms with Gasteiger partial charge in [0.25, 0.3) is 5.78 Å². The van der Waals surface area contributed by atoms with E-state index in [9.17, 15) is 14.4 Å². The Morgan fingerprint density at radius 3 is 2.27 bits per heavy atom. The monoisotopic (exact) mass is 159 g/mol. The van der Waals surface area contributed by atoms with E-state index in [1.807, 2.05) is 0 Å². The van der Waals surface area contributed by atoms with Crippen molar-refractivity contribution >= 4 is 17.9 Å². The molecule has 0 fully saturated rings. The number of aliphatic hydroxyl groups is 2. The molecule has 1 unspecified atom stereocenters. The number of rotatable bonds is 5. The number of aldehydes is 1. The van der Waals surface area contributed by atoms with Crippen LogP contribution in [0.1, 0.15) is 0 Å². The highest BCUT2D eigenvalue weighted by Gasteiger charge is 2.16. The summed E-state index contributed by atoms with van der Waals surface area (Å²) in [4.78, 5) is 30.3. The van der Waals surface area contributed by atoms with E-state index in [4.69, 9.17) is 10.2 Å². The van der Waals surface area contributed by atoms with Crippen LogP contribution in [0.4, 0.5) is 0 Å². The van der Waals surface area contributed by atoms with Crippen molar-refractivity contribution in [3.05, 3.63) is 6.42 Å². The van der Waals surface area contributed by atoms with Crippen molar-refractivity contribution in [2.75, 3.05) is 6.61 Å². The molecular formula is C6H7O5. The van der Waals surface area contributed by atoms with Crippen molar-refractivity contribution in [2.24, 2.45) is 0 Å². The van der Waals surface area contributed by atoms with E-state index in [-0.39, 0.29) is 6.29 Å². The molecule has 2 N–H and O–H groups in total. The van der Waals surface area contributed by atoms with Gasteiger partial charge in [0.05, 0.1) is 19.1 Å². The zero-order valence-electron chi connectivity index (χ0n) is 5.56. The lowest BCUT2D eigenvalue weighted by molar-refractivity contribution is -0.139. The highest BCUT2D eigenvalue weighted by Crippen LogP contribution is 1.89. The molecule has 61 valence electrons. The van der Waals surface area contributed by atoms with Gasteiger partial charge in [0.15, 0.2) is 6.29 Å². The number of Topliss-reactive ketones (excluding diaryl/α,β-unsaturated/α-hetero) is 2. The Morgan fingerprint density at radius 1 is 1.36 bits per heavy atom. The first-order chi connectivity index (χ1) is 5.11. The predicted molar refractivity (Wildman–Crippen MR) is 33.5 cm³/mol. The molecule has 5 heteroatoms. The van der Waals surface area contributed by atoms with Crippen molar-refractivity contribution in [1.82, 2.24) is 0 Å². The molecular weight excluding hydrogens is 152 g/mol. The van der Waals surface area contributed by atoms with Crippen LogP contribution in [0.3, 0.4) is 0 Å². The van der Waals surface area contributed by atoms with Crippen molar-refractivity contribution < 1.29 is 24.6 Å². The fourth-order valence-electron chi connectivity index (χ4n) is 0.368. The van der Waals surface area contributed by atoms with Crippen LogP contribution in [-0.4, -0.2) is 40.8 Å². The molecule has 0 heterocycles. The minimum Gasteiger partial charge on any atom is -0.394 e. The van der Waals surface area contributed by atoms with Crippen LogP contribution < -0.4 is 0 Å². The first-order valence-corrected chi connectivity index (χ1v) is 2.79. The van der Waals surface area contributed by atoms with Crippen molar-refractivity contribution in [2.45, 2.75) is 6.10 Å². The van der Waals surface area contributed by atoms with E-state index < -0.39 is 24.3 Å². The van der Waals surface area contributed by atoms with Gasteiger partial charge in [0.2, 0.25) is 5.78 Å². The van der Waals surface area contributed by atoms with Gasteiger partial charge in [-0.1, -0.05) is 0 Å². The number of aliphatic hydroxyl groups excluding tert-OH is 2. The lowest BCUT2D eigenvalue weighted by atomic mass is 10.1. The summed E-state index contributed by atoms with van der Waals surface area (Å²) >= 11 is 0. The van der Waals surface area contributed by atoms with Crippen LogP contribution in [-0.2, 0) is 14.4 Å². The Balaban J connectivity index is 3.87. The van der Waals surface area contributed by atoms with E-state index in [1.165, 1.54) is 0 Å². The first-order valence-electron chi connectivity index (χ1n) is 2.79. The standard InChI is InChI=1S/C6H7O5/c7-2-4(9)1-5(10)6(11)3-8/h1,3-4,7,9H,2H2. The first kappa shape index (κ1) is 9.93. The van der Waals surface area contributed by atoms with Gasteiger partial charge in [0, 0.05) is 0 Å². The minimum absolute atomic E-state index is 0.150. The van der Waals surface area contributed by atoms with Gasteiger partial charge in [-0.15, -0.1) is 0 Å². The van der Waals surface area contributed by atoms with E-state index in [1.54, 1.807) is 0 Å². The molecule has 0 amide bonds. The lowest BCUT2D eigenvalue weighted by Crippen LogP contribution is -2.24. The van der Waals surface area contributed by atoms with Crippen LogP contribution in [0.25, 0.3) is 0 Å². The zero-order valence-corrected chi connectivity index (χ0v) is 5.56. The van der Waals surface area contributed by atoms with Gasteiger partial charge in [0.1, 0.15) is 0 Å². The highest BCUT2D eigenvalue weighted by atomic mass is 16.3. The molecule has 0 rings (SSSR count). The average Bonchev–Trinajstić information content (AvgIpc) is 2.02. The molecule has 0 saturated carbocycles. The molecule has 11 heavy (non-hydrogen) atoms. The van der Waals surface area contributed by atoms with E-state index >= 15 is 0 Å². The van der Waals surface area contributed by atoms with E-state index in [2.05, 4.69) is 0 Å². The van der Waals surface area contributed by atoms with Gasteiger partial charge >= 0.3 is 0 Å².